The van der Waals surface area contributed by atoms with Crippen LogP contribution in [0.5, 0.6) is 0 Å². The molecule has 0 bridgehead atoms. The number of hydrogen-bond donors (Lipinski definition) is 0. The van der Waals surface area contributed by atoms with E-state index < -0.39 is 0 Å². The molecule has 110 valence electrons. The maximum atomic E-state index is 12.8. The Kier molecular flexibility index (Phi) is 2.90. The number of aromatic nitrogens is 2. The van der Waals surface area contributed by atoms with E-state index in [1.54, 1.807) is 17.7 Å². The van der Waals surface area contributed by atoms with E-state index in [0.29, 0.717) is 23.1 Å². The number of fused-ring (bicyclic) bond motifs is 1. The van der Waals surface area contributed by atoms with Crippen LogP contribution < -0.4 is 10.6 Å². The average Bonchev–Trinajstić information content (AvgIpc) is 3.01. The maximum Gasteiger partial charge on any atom is 0.280 e. The number of carbonyl (C=O) groups excluding carboxylic acids is 1. The molecule has 0 radical (unpaired) electrons. The van der Waals surface area contributed by atoms with E-state index in [4.69, 9.17) is 0 Å². The maximum absolute atomic E-state index is 12.8. The van der Waals surface area contributed by atoms with Gasteiger partial charge in [0.1, 0.15) is 11.9 Å². The smallest absolute Gasteiger partial charge is 0.280 e. The van der Waals surface area contributed by atoms with Crippen molar-refractivity contribution in [3.05, 3.63) is 40.4 Å². The van der Waals surface area contributed by atoms with Gasteiger partial charge in [0, 0.05) is 6.42 Å². The van der Waals surface area contributed by atoms with E-state index in [2.05, 4.69) is 4.98 Å². The second-order valence-corrected chi connectivity index (χ2v) is 6.03. The minimum atomic E-state index is -0.344. The Bertz CT molecular complexity index is 792. The molecule has 1 atom stereocenters. The molecular formula is C16H19N3O2. The third-order valence-electron chi connectivity index (χ3n) is 4.17. The molecular weight excluding hydrogens is 266 g/mol. The summed E-state index contributed by atoms with van der Waals surface area (Å²) in [5.74, 6) is 0.762. The minimum Gasteiger partial charge on any atom is -0.298 e. The first kappa shape index (κ1) is 13.8. The monoisotopic (exact) mass is 285 g/mol. The number of rotatable bonds is 3. The van der Waals surface area contributed by atoms with E-state index >= 15 is 0 Å². The third kappa shape index (κ3) is 1.87. The van der Waals surface area contributed by atoms with E-state index in [9.17, 15) is 9.59 Å². The summed E-state index contributed by atoms with van der Waals surface area (Å²) in [5.41, 5.74) is 0.257. The van der Waals surface area contributed by atoms with Crippen molar-refractivity contribution in [2.45, 2.75) is 45.7 Å². The molecule has 0 saturated carbocycles. The highest BCUT2D eigenvalue weighted by Crippen LogP contribution is 2.38. The van der Waals surface area contributed by atoms with Crippen LogP contribution in [-0.2, 0) is 11.2 Å². The van der Waals surface area contributed by atoms with E-state index in [0.717, 1.165) is 0 Å². The van der Waals surface area contributed by atoms with Gasteiger partial charge in [-0.15, -0.1) is 0 Å². The van der Waals surface area contributed by atoms with Crippen LogP contribution in [0, 0.1) is 0 Å². The van der Waals surface area contributed by atoms with E-state index in [1.165, 1.54) is 0 Å². The van der Waals surface area contributed by atoms with Crippen LogP contribution in [-0.4, -0.2) is 27.0 Å². The number of ketones is 1. The molecule has 1 aromatic carbocycles. The van der Waals surface area contributed by atoms with Crippen LogP contribution >= 0.6 is 0 Å². The molecule has 2 aromatic rings. The predicted octanol–water partition coefficient (Wildman–Crippen LogP) is 1.65. The third-order valence-corrected chi connectivity index (χ3v) is 4.17. The number of carbonyl (C=O) groups is 1. The van der Waals surface area contributed by atoms with Crippen molar-refractivity contribution in [2.24, 2.45) is 0 Å². The summed E-state index contributed by atoms with van der Waals surface area (Å²) < 4.78 is 1.59. The molecule has 1 unspecified atom stereocenters. The molecule has 1 aromatic heterocycles. The highest BCUT2D eigenvalue weighted by Gasteiger charge is 2.60. The van der Waals surface area contributed by atoms with Gasteiger partial charge in [0.2, 0.25) is 0 Å². The van der Waals surface area contributed by atoms with Crippen LogP contribution in [0.2, 0.25) is 0 Å². The Hall–Kier alpha value is -2.17. The summed E-state index contributed by atoms with van der Waals surface area (Å²) >= 11 is 0. The van der Waals surface area contributed by atoms with Gasteiger partial charge in [0.25, 0.3) is 5.56 Å². The summed E-state index contributed by atoms with van der Waals surface area (Å²) in [6.45, 7) is 7.48. The van der Waals surface area contributed by atoms with Crippen molar-refractivity contribution in [3.63, 3.8) is 0 Å². The molecule has 1 fully saturated rings. The molecule has 0 N–H and O–H groups in total. The number of benzene rings is 1. The lowest BCUT2D eigenvalue weighted by molar-refractivity contribution is -0.116. The molecule has 0 amide bonds. The Balaban J connectivity index is 2.26. The summed E-state index contributed by atoms with van der Waals surface area (Å²) in [6, 6.07) is 7.06. The summed E-state index contributed by atoms with van der Waals surface area (Å²) in [4.78, 5) is 29.2. The largest absolute Gasteiger partial charge is 0.298 e. The van der Waals surface area contributed by atoms with Gasteiger partial charge in [-0.25, -0.2) is 9.66 Å². The van der Waals surface area contributed by atoms with Gasteiger partial charge in [0.15, 0.2) is 5.78 Å². The first-order valence-electron chi connectivity index (χ1n) is 7.20. The Morgan fingerprint density at radius 3 is 2.57 bits per heavy atom. The van der Waals surface area contributed by atoms with Crippen molar-refractivity contribution >= 4 is 16.7 Å². The lowest BCUT2D eigenvalue weighted by Gasteiger charge is -2.16. The van der Waals surface area contributed by atoms with Crippen LogP contribution in [0.25, 0.3) is 10.9 Å². The summed E-state index contributed by atoms with van der Waals surface area (Å²) in [5, 5.41) is 2.43. The number of Topliss-reactive ketones (excluding diaryl/α,β-unsaturated/α-hetero) is 1. The van der Waals surface area contributed by atoms with Gasteiger partial charge in [-0.2, -0.15) is 0 Å². The quantitative estimate of drug-likeness (QED) is 0.805. The van der Waals surface area contributed by atoms with E-state index in [1.807, 2.05) is 44.0 Å². The summed E-state index contributed by atoms with van der Waals surface area (Å²) in [7, 11) is 0. The molecule has 0 spiro atoms. The zero-order valence-electron chi connectivity index (χ0n) is 12.8. The second-order valence-electron chi connectivity index (χ2n) is 6.03. The van der Waals surface area contributed by atoms with Crippen LogP contribution in [0.1, 0.15) is 33.5 Å². The van der Waals surface area contributed by atoms with Crippen molar-refractivity contribution in [2.75, 3.05) is 5.01 Å². The fourth-order valence-electron chi connectivity index (χ4n) is 3.13. The van der Waals surface area contributed by atoms with Crippen LogP contribution in [0.15, 0.2) is 29.1 Å². The molecule has 3 rings (SSSR count). The zero-order chi connectivity index (χ0) is 15.4. The van der Waals surface area contributed by atoms with Gasteiger partial charge in [-0.3, -0.25) is 14.6 Å². The highest BCUT2D eigenvalue weighted by atomic mass is 16.2. The van der Waals surface area contributed by atoms with Gasteiger partial charge in [-0.05, 0) is 32.9 Å². The fraction of sp³-hybridized carbons (Fsp3) is 0.438. The van der Waals surface area contributed by atoms with Gasteiger partial charge in [0.05, 0.1) is 16.4 Å². The van der Waals surface area contributed by atoms with Gasteiger partial charge in [-0.1, -0.05) is 19.1 Å². The van der Waals surface area contributed by atoms with Crippen LogP contribution in [0.3, 0.4) is 0 Å². The Morgan fingerprint density at radius 1 is 1.33 bits per heavy atom. The summed E-state index contributed by atoms with van der Waals surface area (Å²) in [6.07, 6.45) is 0.636. The molecule has 5 heteroatoms. The molecule has 21 heavy (non-hydrogen) atoms. The van der Waals surface area contributed by atoms with Crippen LogP contribution in [0.4, 0.5) is 0 Å². The second kappa shape index (κ2) is 4.41. The van der Waals surface area contributed by atoms with Crippen molar-refractivity contribution < 1.29 is 4.79 Å². The van der Waals surface area contributed by atoms with Gasteiger partial charge >= 0.3 is 0 Å². The Morgan fingerprint density at radius 2 is 2.00 bits per heavy atom. The number of para-hydroxylation sites is 1. The topological polar surface area (TPSA) is 55.0 Å². The lowest BCUT2D eigenvalue weighted by Crippen LogP contribution is -2.36. The van der Waals surface area contributed by atoms with Gasteiger partial charge < -0.3 is 0 Å². The predicted molar refractivity (Wildman–Crippen MR) is 82.1 cm³/mol. The Labute approximate surface area is 123 Å². The van der Waals surface area contributed by atoms with Crippen molar-refractivity contribution in [1.82, 2.24) is 9.66 Å². The molecule has 1 aliphatic rings. The number of hydrogen-bond acceptors (Lipinski definition) is 4. The number of nitrogens with zero attached hydrogens (tertiary/aromatic N) is 3. The van der Waals surface area contributed by atoms with Crippen molar-refractivity contribution in [1.29, 1.82) is 0 Å². The highest BCUT2D eigenvalue weighted by molar-refractivity contribution is 5.90. The first-order valence-corrected chi connectivity index (χ1v) is 7.20. The standard InChI is InChI=1S/C16H19N3O2/c1-5-13-17-12-9-7-6-8-11(12)15(21)18(13)19-14(10(2)20)16(19,3)4/h6-9,14H,5H2,1-4H3. The molecule has 0 aliphatic carbocycles. The first-order chi connectivity index (χ1) is 9.89. The fourth-order valence-corrected chi connectivity index (χ4v) is 3.13. The normalized spacial score (nSPS) is 19.8. The zero-order valence-corrected chi connectivity index (χ0v) is 12.8. The molecule has 2 heterocycles. The molecule has 1 saturated heterocycles. The molecule has 5 nitrogen and oxygen atoms in total. The minimum absolute atomic E-state index is 0.0714. The lowest BCUT2D eigenvalue weighted by atomic mass is 10.1. The van der Waals surface area contributed by atoms with E-state index in [-0.39, 0.29) is 22.9 Å². The molecule has 1 aliphatic heterocycles. The number of aryl methyl sites for hydroxylation is 1. The average molecular weight is 285 g/mol. The SMILES string of the molecule is CCc1nc2ccccc2c(=O)n1N1C(C(C)=O)C1(C)C. The van der Waals surface area contributed by atoms with Crippen molar-refractivity contribution in [3.8, 4) is 0 Å².